The van der Waals surface area contributed by atoms with E-state index in [1.807, 2.05) is 47.6 Å². The molecule has 1 atom stereocenters. The number of fused-ring (bicyclic) bond motifs is 2. The van der Waals surface area contributed by atoms with Crippen LogP contribution in [0.3, 0.4) is 0 Å². The number of aryl methyl sites for hydroxylation is 1. The van der Waals surface area contributed by atoms with Gasteiger partial charge in [0.25, 0.3) is 0 Å². The van der Waals surface area contributed by atoms with Gasteiger partial charge in [-0.25, -0.2) is 4.79 Å². The summed E-state index contributed by atoms with van der Waals surface area (Å²) in [6.07, 6.45) is 2.06. The molecule has 7 heteroatoms. The zero-order chi connectivity index (χ0) is 21.8. The van der Waals surface area contributed by atoms with Gasteiger partial charge in [0.15, 0.2) is 0 Å². The Morgan fingerprint density at radius 3 is 2.34 bits per heavy atom. The fourth-order valence-electron chi connectivity index (χ4n) is 4.58. The first-order valence-corrected chi connectivity index (χ1v) is 10.6. The van der Waals surface area contributed by atoms with Gasteiger partial charge in [0, 0.05) is 24.4 Å². The van der Waals surface area contributed by atoms with E-state index in [0.29, 0.717) is 18.1 Å². The van der Waals surface area contributed by atoms with Crippen LogP contribution in [-0.4, -0.2) is 40.6 Å². The summed E-state index contributed by atoms with van der Waals surface area (Å²) in [5.74, 6) is -0.373. The number of aromatic nitrogens is 1. The zero-order valence-electron chi connectivity index (χ0n) is 18.3. The fourth-order valence-corrected chi connectivity index (χ4v) is 4.74. The van der Waals surface area contributed by atoms with E-state index in [9.17, 15) is 9.59 Å². The molecule has 0 bridgehead atoms. The lowest BCUT2D eigenvalue weighted by Crippen LogP contribution is -2.46. The molecule has 2 heterocycles. The van der Waals surface area contributed by atoms with E-state index in [2.05, 4.69) is 0 Å². The van der Waals surface area contributed by atoms with Crippen molar-refractivity contribution in [3.05, 3.63) is 28.0 Å². The molecule has 3 rings (SSSR count). The summed E-state index contributed by atoms with van der Waals surface area (Å²) in [4.78, 5) is 31.3. The highest BCUT2D eigenvalue weighted by Crippen LogP contribution is 2.56. The topological polar surface area (TPSA) is 85.5 Å². The van der Waals surface area contributed by atoms with Crippen LogP contribution in [0.1, 0.15) is 76.8 Å². The van der Waals surface area contributed by atoms with Crippen molar-refractivity contribution < 1.29 is 14.3 Å². The minimum atomic E-state index is -0.708. The average Bonchev–Trinajstić information content (AvgIpc) is 2.88. The Kier molecular flexibility index (Phi) is 5.39. The number of pyridine rings is 1. The van der Waals surface area contributed by atoms with Crippen molar-refractivity contribution in [1.29, 1.82) is 0 Å². The molecule has 1 saturated heterocycles. The summed E-state index contributed by atoms with van der Waals surface area (Å²) in [5, 5.41) is 0.609. The molecule has 29 heavy (non-hydrogen) atoms. The summed E-state index contributed by atoms with van der Waals surface area (Å²) in [7, 11) is 0. The van der Waals surface area contributed by atoms with Gasteiger partial charge in [-0.1, -0.05) is 25.4 Å². The summed E-state index contributed by atoms with van der Waals surface area (Å²) < 4.78 is 5.53. The van der Waals surface area contributed by atoms with Crippen LogP contribution >= 0.6 is 11.6 Å². The first kappa shape index (κ1) is 21.9. The smallest absolute Gasteiger partial charge is 0.410 e. The summed E-state index contributed by atoms with van der Waals surface area (Å²) in [5.41, 5.74) is 7.18. The maximum absolute atomic E-state index is 12.5. The van der Waals surface area contributed by atoms with Gasteiger partial charge in [0.2, 0.25) is 5.91 Å². The molecule has 1 spiro atoms. The van der Waals surface area contributed by atoms with Crippen molar-refractivity contribution in [2.75, 3.05) is 13.1 Å². The number of piperidine rings is 1. The highest BCUT2D eigenvalue weighted by molar-refractivity contribution is 6.31. The van der Waals surface area contributed by atoms with E-state index in [-0.39, 0.29) is 23.3 Å². The van der Waals surface area contributed by atoms with Crippen LogP contribution < -0.4 is 5.73 Å². The third-order valence-electron chi connectivity index (χ3n) is 6.53. The molecular formula is C22H32ClN3O3. The quantitative estimate of drug-likeness (QED) is 0.770. The molecule has 0 saturated carbocycles. The molecule has 6 nitrogen and oxygen atoms in total. The number of likely N-dealkylation sites (tertiary alicyclic amines) is 1. The summed E-state index contributed by atoms with van der Waals surface area (Å²) in [6.45, 7) is 12.5. The molecule has 1 aromatic rings. The third-order valence-corrected chi connectivity index (χ3v) is 6.91. The molecular weight excluding hydrogens is 390 g/mol. The van der Waals surface area contributed by atoms with Crippen LogP contribution in [0.5, 0.6) is 0 Å². The number of nitrogens with two attached hydrogens (primary N) is 1. The number of rotatable bonds is 2. The van der Waals surface area contributed by atoms with E-state index in [1.54, 1.807) is 4.90 Å². The van der Waals surface area contributed by atoms with Gasteiger partial charge < -0.3 is 15.4 Å². The van der Waals surface area contributed by atoms with Gasteiger partial charge in [-0.15, -0.1) is 0 Å². The van der Waals surface area contributed by atoms with Gasteiger partial charge in [-0.05, 0) is 58.6 Å². The molecule has 1 aromatic heterocycles. The fraction of sp³-hybridized carbons (Fsp3) is 0.682. The number of halogens is 1. The second-order valence-corrected chi connectivity index (χ2v) is 10.5. The van der Waals surface area contributed by atoms with Crippen molar-refractivity contribution in [3.8, 4) is 0 Å². The van der Waals surface area contributed by atoms with E-state index in [0.717, 1.165) is 36.2 Å². The Bertz CT molecular complexity index is 836. The largest absolute Gasteiger partial charge is 0.444 e. The number of hydrogen-bond donors (Lipinski definition) is 1. The number of amides is 2. The Labute approximate surface area is 178 Å². The predicted molar refractivity (Wildman–Crippen MR) is 113 cm³/mol. The van der Waals surface area contributed by atoms with E-state index >= 15 is 0 Å². The van der Waals surface area contributed by atoms with Crippen molar-refractivity contribution >= 4 is 23.6 Å². The Balaban J connectivity index is 1.91. The van der Waals surface area contributed by atoms with Gasteiger partial charge in [-0.3, -0.25) is 9.78 Å². The van der Waals surface area contributed by atoms with Crippen molar-refractivity contribution in [2.24, 2.45) is 11.1 Å². The number of ether oxygens (including phenoxy) is 1. The number of nitrogens with zero attached hydrogens (tertiary/aromatic N) is 2. The highest BCUT2D eigenvalue weighted by Gasteiger charge is 2.53. The average molecular weight is 422 g/mol. The second-order valence-electron chi connectivity index (χ2n) is 10.1. The van der Waals surface area contributed by atoms with E-state index < -0.39 is 11.0 Å². The maximum atomic E-state index is 12.5. The van der Waals surface area contributed by atoms with Gasteiger partial charge >= 0.3 is 6.09 Å². The Hall–Kier alpha value is -1.82. The van der Waals surface area contributed by atoms with Crippen molar-refractivity contribution in [1.82, 2.24) is 9.88 Å². The standard InChI is InChI=1S/C22H32ClN3O3/c1-13-16(23)11-14-15(21(5,6)18(24)27)12-22(17(14)25-13)7-9-26(10-8-22)19(28)29-20(2,3)4/h11,15H,7-10,12H2,1-6H3,(H2,24,27)/t15-/m1/s1. The van der Waals surface area contributed by atoms with Crippen LogP contribution in [0, 0.1) is 12.3 Å². The molecule has 0 radical (unpaired) electrons. The second kappa shape index (κ2) is 7.15. The maximum Gasteiger partial charge on any atom is 0.410 e. The third kappa shape index (κ3) is 3.96. The monoisotopic (exact) mass is 421 g/mol. The SMILES string of the molecule is Cc1nc2c(cc1Cl)[C@H](C(C)(C)C(N)=O)CC21CCN(C(=O)OC(C)(C)C)CC1. The summed E-state index contributed by atoms with van der Waals surface area (Å²) in [6, 6.07) is 1.96. The molecule has 2 amide bonds. The van der Waals surface area contributed by atoms with Gasteiger partial charge in [0.1, 0.15) is 5.60 Å². The van der Waals surface area contributed by atoms with Crippen molar-refractivity contribution in [3.63, 3.8) is 0 Å². The highest BCUT2D eigenvalue weighted by atomic mass is 35.5. The van der Waals surface area contributed by atoms with E-state index in [4.69, 9.17) is 27.1 Å². The lowest BCUT2D eigenvalue weighted by Gasteiger charge is -2.40. The zero-order valence-corrected chi connectivity index (χ0v) is 19.0. The summed E-state index contributed by atoms with van der Waals surface area (Å²) >= 11 is 6.39. The molecule has 2 N–H and O–H groups in total. The first-order valence-electron chi connectivity index (χ1n) is 10.2. The first-order chi connectivity index (χ1) is 13.3. The molecule has 1 fully saturated rings. The molecule has 2 aliphatic rings. The van der Waals surface area contributed by atoms with Crippen LogP contribution in [0.2, 0.25) is 5.02 Å². The van der Waals surface area contributed by atoms with Crippen LogP contribution in [0.4, 0.5) is 4.79 Å². The minimum absolute atomic E-state index is 0.0475. The number of carbonyl (C=O) groups is 2. The van der Waals surface area contributed by atoms with Gasteiger partial charge in [0.05, 0.1) is 21.8 Å². The van der Waals surface area contributed by atoms with E-state index in [1.165, 1.54) is 0 Å². The van der Waals surface area contributed by atoms with Gasteiger partial charge in [-0.2, -0.15) is 0 Å². The molecule has 0 unspecified atom stereocenters. The Morgan fingerprint density at radius 2 is 1.83 bits per heavy atom. The predicted octanol–water partition coefficient (Wildman–Crippen LogP) is 4.31. The van der Waals surface area contributed by atoms with Crippen LogP contribution in [0.15, 0.2) is 6.07 Å². The lowest BCUT2D eigenvalue weighted by atomic mass is 9.70. The minimum Gasteiger partial charge on any atom is -0.444 e. The number of hydrogen-bond acceptors (Lipinski definition) is 4. The normalized spacial score (nSPS) is 21.2. The number of primary amides is 1. The molecule has 0 aromatic carbocycles. The van der Waals surface area contributed by atoms with Crippen molar-refractivity contribution in [2.45, 2.75) is 77.7 Å². The van der Waals surface area contributed by atoms with Crippen LogP contribution in [-0.2, 0) is 14.9 Å². The molecule has 1 aliphatic heterocycles. The molecule has 1 aliphatic carbocycles. The lowest BCUT2D eigenvalue weighted by molar-refractivity contribution is -0.127. The Morgan fingerprint density at radius 1 is 1.24 bits per heavy atom. The number of carbonyl (C=O) groups excluding carboxylic acids is 2. The van der Waals surface area contributed by atoms with Crippen LogP contribution in [0.25, 0.3) is 0 Å². The molecule has 160 valence electrons.